The Labute approximate surface area is 96.9 Å². The molecule has 0 aromatic carbocycles. The molecule has 0 spiro atoms. The summed E-state index contributed by atoms with van der Waals surface area (Å²) in [6.07, 6.45) is 3.10. The minimum Gasteiger partial charge on any atom is -0.479 e. The highest BCUT2D eigenvalue weighted by atomic mass is 16.6. The molecule has 0 atom stereocenters. The minimum atomic E-state index is -0.955. The van der Waals surface area contributed by atoms with Crippen LogP contribution in [0, 0.1) is 5.92 Å². The highest BCUT2D eigenvalue weighted by Crippen LogP contribution is 2.34. The first-order valence-electron chi connectivity index (χ1n) is 6.06. The number of carbonyl (C=O) groups is 1. The van der Waals surface area contributed by atoms with Crippen LogP contribution in [0.15, 0.2) is 0 Å². The van der Waals surface area contributed by atoms with E-state index in [4.69, 9.17) is 9.47 Å². The van der Waals surface area contributed by atoms with E-state index in [9.17, 15) is 9.90 Å². The molecule has 0 aliphatic heterocycles. The highest BCUT2D eigenvalue weighted by molar-refractivity contribution is 5.77. The van der Waals surface area contributed by atoms with Crippen molar-refractivity contribution < 1.29 is 19.4 Å². The van der Waals surface area contributed by atoms with E-state index < -0.39 is 11.6 Å². The predicted molar refractivity (Wildman–Crippen MR) is 60.4 cm³/mol. The summed E-state index contributed by atoms with van der Waals surface area (Å²) in [7, 11) is 0. The van der Waals surface area contributed by atoms with Crippen molar-refractivity contribution in [1.29, 1.82) is 0 Å². The van der Waals surface area contributed by atoms with Crippen molar-refractivity contribution in [3.63, 3.8) is 0 Å². The largest absolute Gasteiger partial charge is 0.479 e. The number of aliphatic carboxylic acids is 1. The van der Waals surface area contributed by atoms with Gasteiger partial charge in [0.15, 0.2) is 5.60 Å². The van der Waals surface area contributed by atoms with Gasteiger partial charge in [-0.3, -0.25) is 0 Å². The van der Waals surface area contributed by atoms with Crippen LogP contribution in [-0.4, -0.2) is 36.5 Å². The van der Waals surface area contributed by atoms with Gasteiger partial charge in [0.25, 0.3) is 0 Å². The summed E-state index contributed by atoms with van der Waals surface area (Å²) in [6, 6.07) is 0. The molecule has 0 amide bonds. The molecule has 0 bridgehead atoms. The Morgan fingerprint density at radius 1 is 1.38 bits per heavy atom. The smallest absolute Gasteiger partial charge is 0.335 e. The third kappa shape index (κ3) is 3.46. The normalized spacial score (nSPS) is 30.2. The Morgan fingerprint density at radius 2 is 2.00 bits per heavy atom. The summed E-state index contributed by atoms with van der Waals surface area (Å²) in [6.45, 7) is 5.55. The molecule has 4 heteroatoms. The lowest BCUT2D eigenvalue weighted by Crippen LogP contribution is -2.45. The summed E-state index contributed by atoms with van der Waals surface area (Å²) in [4.78, 5) is 11.3. The zero-order valence-electron chi connectivity index (χ0n) is 10.2. The van der Waals surface area contributed by atoms with Crippen LogP contribution in [0.3, 0.4) is 0 Å². The third-order valence-corrected chi connectivity index (χ3v) is 3.28. The molecule has 1 aliphatic rings. The lowest BCUT2D eigenvalue weighted by Gasteiger charge is -2.35. The molecule has 16 heavy (non-hydrogen) atoms. The molecule has 1 fully saturated rings. The molecule has 1 N–H and O–H groups in total. The van der Waals surface area contributed by atoms with Gasteiger partial charge in [-0.2, -0.15) is 0 Å². The molecule has 1 saturated carbocycles. The maximum Gasteiger partial charge on any atom is 0.335 e. The molecule has 4 nitrogen and oxygen atoms in total. The van der Waals surface area contributed by atoms with Gasteiger partial charge in [-0.05, 0) is 38.5 Å². The number of carboxylic acids is 1. The minimum absolute atomic E-state index is 0.370. The van der Waals surface area contributed by atoms with E-state index in [1.165, 1.54) is 0 Å². The third-order valence-electron chi connectivity index (χ3n) is 3.28. The van der Waals surface area contributed by atoms with Gasteiger partial charge in [0.2, 0.25) is 0 Å². The number of rotatable bonds is 6. The summed E-state index contributed by atoms with van der Waals surface area (Å²) < 4.78 is 10.7. The maximum atomic E-state index is 11.3. The Balaban J connectivity index is 2.43. The van der Waals surface area contributed by atoms with Crippen LogP contribution in [-0.2, 0) is 14.3 Å². The lowest BCUT2D eigenvalue weighted by molar-refractivity contribution is -0.174. The standard InChI is InChI=1S/C12H22O4/c1-3-15-8-9-16-12(11(13)14)6-4-10(2)5-7-12/h10H,3-9H2,1-2H3,(H,13,14). The quantitative estimate of drug-likeness (QED) is 0.710. The van der Waals surface area contributed by atoms with E-state index in [1.54, 1.807) is 0 Å². The molecule has 0 aromatic heterocycles. The highest BCUT2D eigenvalue weighted by Gasteiger charge is 2.42. The Morgan fingerprint density at radius 3 is 2.50 bits per heavy atom. The van der Waals surface area contributed by atoms with Gasteiger partial charge in [-0.25, -0.2) is 4.79 Å². The SMILES string of the molecule is CCOCCOC1(C(=O)O)CCC(C)CC1. The van der Waals surface area contributed by atoms with Gasteiger partial charge in [0.1, 0.15) is 0 Å². The maximum absolute atomic E-state index is 11.3. The van der Waals surface area contributed by atoms with Gasteiger partial charge < -0.3 is 14.6 Å². The molecule has 94 valence electrons. The molecule has 0 saturated heterocycles. The van der Waals surface area contributed by atoms with Crippen LogP contribution in [0.1, 0.15) is 39.5 Å². The first-order valence-corrected chi connectivity index (χ1v) is 6.06. The summed E-state index contributed by atoms with van der Waals surface area (Å²) in [5.74, 6) is -0.209. The molecular weight excluding hydrogens is 208 g/mol. The zero-order valence-corrected chi connectivity index (χ0v) is 10.2. The predicted octanol–water partition coefficient (Wildman–Crippen LogP) is 2.07. The second-order valence-electron chi connectivity index (χ2n) is 4.53. The first-order chi connectivity index (χ1) is 7.60. The fourth-order valence-electron chi connectivity index (χ4n) is 2.09. The van der Waals surface area contributed by atoms with Crippen LogP contribution in [0.4, 0.5) is 0 Å². The van der Waals surface area contributed by atoms with E-state index in [-0.39, 0.29) is 0 Å². The summed E-state index contributed by atoms with van der Waals surface area (Å²) in [5.41, 5.74) is -0.955. The molecule has 0 aromatic rings. The molecule has 0 heterocycles. The molecular formula is C12H22O4. The zero-order chi connectivity index (χ0) is 12.0. The van der Waals surface area contributed by atoms with Crippen molar-refractivity contribution in [2.24, 2.45) is 5.92 Å². The van der Waals surface area contributed by atoms with E-state index in [1.807, 2.05) is 6.92 Å². The van der Waals surface area contributed by atoms with Crippen LogP contribution in [0.25, 0.3) is 0 Å². The van der Waals surface area contributed by atoms with Crippen LogP contribution in [0.5, 0.6) is 0 Å². The average molecular weight is 230 g/mol. The van der Waals surface area contributed by atoms with Crippen LogP contribution < -0.4 is 0 Å². The molecule has 1 rings (SSSR count). The molecule has 0 unspecified atom stereocenters. The number of hydrogen-bond donors (Lipinski definition) is 1. The fourth-order valence-corrected chi connectivity index (χ4v) is 2.09. The van der Waals surface area contributed by atoms with Crippen molar-refractivity contribution in [2.45, 2.75) is 45.1 Å². The van der Waals surface area contributed by atoms with E-state index in [0.29, 0.717) is 38.6 Å². The topological polar surface area (TPSA) is 55.8 Å². The monoisotopic (exact) mass is 230 g/mol. The number of ether oxygens (including phenoxy) is 2. The van der Waals surface area contributed by atoms with Crippen molar-refractivity contribution in [2.75, 3.05) is 19.8 Å². The van der Waals surface area contributed by atoms with Crippen molar-refractivity contribution in [3.8, 4) is 0 Å². The number of carboxylic acid groups (broad SMARTS) is 1. The molecule has 1 aliphatic carbocycles. The number of hydrogen-bond acceptors (Lipinski definition) is 3. The second-order valence-corrected chi connectivity index (χ2v) is 4.53. The summed E-state index contributed by atoms with van der Waals surface area (Å²) in [5, 5.41) is 9.27. The fraction of sp³-hybridized carbons (Fsp3) is 0.917. The van der Waals surface area contributed by atoms with E-state index in [2.05, 4.69) is 6.92 Å². The lowest BCUT2D eigenvalue weighted by atomic mass is 9.79. The Hall–Kier alpha value is -0.610. The van der Waals surface area contributed by atoms with Gasteiger partial charge >= 0.3 is 5.97 Å². The summed E-state index contributed by atoms with van der Waals surface area (Å²) >= 11 is 0. The van der Waals surface area contributed by atoms with Gasteiger partial charge in [-0.15, -0.1) is 0 Å². The van der Waals surface area contributed by atoms with Crippen molar-refractivity contribution >= 4 is 5.97 Å². The van der Waals surface area contributed by atoms with Gasteiger partial charge in [-0.1, -0.05) is 6.92 Å². The van der Waals surface area contributed by atoms with E-state index in [0.717, 1.165) is 12.8 Å². The van der Waals surface area contributed by atoms with E-state index >= 15 is 0 Å². The van der Waals surface area contributed by atoms with Gasteiger partial charge in [0, 0.05) is 6.61 Å². The van der Waals surface area contributed by atoms with Gasteiger partial charge in [0.05, 0.1) is 13.2 Å². The van der Waals surface area contributed by atoms with Crippen LogP contribution >= 0.6 is 0 Å². The van der Waals surface area contributed by atoms with Crippen molar-refractivity contribution in [3.05, 3.63) is 0 Å². The Bertz CT molecular complexity index is 219. The van der Waals surface area contributed by atoms with Crippen LogP contribution in [0.2, 0.25) is 0 Å². The second kappa shape index (κ2) is 6.21. The molecule has 0 radical (unpaired) electrons. The average Bonchev–Trinajstić information content (AvgIpc) is 2.27. The van der Waals surface area contributed by atoms with Crippen molar-refractivity contribution in [1.82, 2.24) is 0 Å². The first kappa shape index (κ1) is 13.5. The Kier molecular flexibility index (Phi) is 5.22.